The number of hydrogen-bond acceptors (Lipinski definition) is 5. The molecule has 2 bridgehead atoms. The third-order valence-corrected chi connectivity index (χ3v) is 6.68. The van der Waals surface area contributed by atoms with Crippen molar-refractivity contribution in [1.29, 1.82) is 0 Å². The van der Waals surface area contributed by atoms with E-state index in [1.165, 1.54) is 0 Å². The average molecular weight is 424 g/mol. The summed E-state index contributed by atoms with van der Waals surface area (Å²) in [5, 5.41) is 2.79. The van der Waals surface area contributed by atoms with Gasteiger partial charge in [-0.1, -0.05) is 56.3 Å². The van der Waals surface area contributed by atoms with Crippen molar-refractivity contribution in [2.75, 3.05) is 6.61 Å². The smallest absolute Gasteiger partial charge is 0.330 e. The highest BCUT2D eigenvalue weighted by Crippen LogP contribution is 2.53. The van der Waals surface area contributed by atoms with E-state index < -0.39 is 24.5 Å². The number of amides is 3. The lowest BCUT2D eigenvalue weighted by Crippen LogP contribution is -2.50. The van der Waals surface area contributed by atoms with Crippen LogP contribution in [0.2, 0.25) is 0 Å². The maximum absolute atomic E-state index is 13.1. The molecule has 0 aromatic heterocycles. The summed E-state index contributed by atoms with van der Waals surface area (Å²) in [7, 11) is 0. The van der Waals surface area contributed by atoms with Gasteiger partial charge in [0.05, 0.1) is 17.9 Å². The van der Waals surface area contributed by atoms with Gasteiger partial charge in [0, 0.05) is 0 Å². The summed E-state index contributed by atoms with van der Waals surface area (Å²) in [6, 6.07) is 8.19. The molecule has 0 unspecified atom stereocenters. The molecule has 7 nitrogen and oxygen atoms in total. The van der Waals surface area contributed by atoms with Gasteiger partial charge in [0.25, 0.3) is 5.91 Å². The lowest BCUT2D eigenvalue weighted by Gasteiger charge is -2.29. The molecule has 1 saturated carbocycles. The van der Waals surface area contributed by atoms with Crippen LogP contribution in [0.15, 0.2) is 42.5 Å². The number of allylic oxidation sites excluding steroid dienone is 2. The van der Waals surface area contributed by atoms with E-state index in [-0.39, 0.29) is 47.4 Å². The summed E-state index contributed by atoms with van der Waals surface area (Å²) in [6.07, 6.45) is 4.86. The van der Waals surface area contributed by atoms with E-state index in [0.29, 0.717) is 0 Å². The number of likely N-dealkylation sites (tertiary alicyclic amines) is 1. The molecule has 1 N–H and O–H groups in total. The maximum atomic E-state index is 13.1. The summed E-state index contributed by atoms with van der Waals surface area (Å²) >= 11 is 0. The topological polar surface area (TPSA) is 92.8 Å². The van der Waals surface area contributed by atoms with E-state index in [9.17, 15) is 19.2 Å². The van der Waals surface area contributed by atoms with Gasteiger partial charge in [-0.05, 0) is 36.7 Å². The van der Waals surface area contributed by atoms with Crippen molar-refractivity contribution in [2.45, 2.75) is 39.3 Å². The van der Waals surface area contributed by atoms with Gasteiger partial charge >= 0.3 is 5.97 Å². The Morgan fingerprint density at radius 1 is 1.03 bits per heavy atom. The molecule has 4 rings (SSSR count). The van der Waals surface area contributed by atoms with Crippen LogP contribution in [-0.2, 0) is 23.9 Å². The number of imide groups is 1. The number of fused-ring (bicyclic) bond motifs is 5. The fourth-order valence-electron chi connectivity index (χ4n) is 5.21. The van der Waals surface area contributed by atoms with E-state index in [4.69, 9.17) is 4.74 Å². The van der Waals surface area contributed by atoms with Crippen LogP contribution in [0.25, 0.3) is 0 Å². The number of carbonyl (C=O) groups excluding carboxylic acids is 4. The Labute approximate surface area is 181 Å². The SMILES string of the molecule is CC(C)[C@H](C(=O)OCC(=O)N[C@@H](C)c1ccccc1)N1C(=O)[C@@H]2[C@H](C1=O)[C@H]1C=C[C@H]2C1. The molecule has 1 heterocycles. The van der Waals surface area contributed by atoms with E-state index in [1.54, 1.807) is 13.8 Å². The van der Waals surface area contributed by atoms with Gasteiger partial charge in [0.1, 0.15) is 6.04 Å². The van der Waals surface area contributed by atoms with Crippen molar-refractivity contribution in [3.63, 3.8) is 0 Å². The predicted octanol–water partition coefficient (Wildman–Crippen LogP) is 2.24. The van der Waals surface area contributed by atoms with Crippen molar-refractivity contribution >= 4 is 23.7 Å². The van der Waals surface area contributed by atoms with Gasteiger partial charge < -0.3 is 10.1 Å². The molecule has 2 aliphatic carbocycles. The van der Waals surface area contributed by atoms with Crippen LogP contribution in [-0.4, -0.2) is 41.2 Å². The number of benzene rings is 1. The minimum Gasteiger partial charge on any atom is -0.454 e. The highest BCUT2D eigenvalue weighted by atomic mass is 16.5. The fraction of sp³-hybridized carbons (Fsp3) is 0.500. The molecule has 1 aliphatic heterocycles. The molecular weight excluding hydrogens is 396 g/mol. The quantitative estimate of drug-likeness (QED) is 0.412. The fourth-order valence-corrected chi connectivity index (χ4v) is 5.21. The van der Waals surface area contributed by atoms with Crippen LogP contribution in [0.1, 0.15) is 38.8 Å². The number of hydrogen-bond donors (Lipinski definition) is 1. The molecule has 2 fully saturated rings. The van der Waals surface area contributed by atoms with Gasteiger partial charge in [-0.3, -0.25) is 19.3 Å². The summed E-state index contributed by atoms with van der Waals surface area (Å²) < 4.78 is 5.25. The first-order valence-electron chi connectivity index (χ1n) is 10.9. The molecular formula is C24H28N2O5. The molecule has 6 atom stereocenters. The van der Waals surface area contributed by atoms with Crippen LogP contribution in [0.4, 0.5) is 0 Å². The molecule has 1 saturated heterocycles. The molecule has 3 amide bonds. The number of rotatable bonds is 7. The molecule has 1 aromatic rings. The first kappa shape index (κ1) is 21.3. The van der Waals surface area contributed by atoms with Crippen LogP contribution in [0, 0.1) is 29.6 Å². The van der Waals surface area contributed by atoms with Crippen molar-refractivity contribution < 1.29 is 23.9 Å². The monoisotopic (exact) mass is 424 g/mol. The standard InChI is InChI=1S/C24H28N2O5/c1-13(2)21(26-22(28)19-16-9-10-17(11-16)20(19)23(26)29)24(30)31-12-18(27)25-14(3)15-7-5-4-6-8-15/h4-10,13-14,16-17,19-21H,11-12H2,1-3H3,(H,25,27)/t14-,16-,17-,19-,20+,21+/m0/s1. The van der Waals surface area contributed by atoms with E-state index in [1.807, 2.05) is 49.4 Å². The van der Waals surface area contributed by atoms with Gasteiger partial charge in [-0.15, -0.1) is 0 Å². The molecule has 3 aliphatic rings. The Morgan fingerprint density at radius 3 is 2.16 bits per heavy atom. The number of ether oxygens (including phenoxy) is 1. The normalized spacial score (nSPS) is 28.1. The van der Waals surface area contributed by atoms with Crippen molar-refractivity contribution in [3.8, 4) is 0 Å². The van der Waals surface area contributed by atoms with Gasteiger partial charge in [0.2, 0.25) is 11.8 Å². The van der Waals surface area contributed by atoms with E-state index in [0.717, 1.165) is 16.9 Å². The Hall–Kier alpha value is -2.96. The Kier molecular flexibility index (Phi) is 5.69. The molecule has 0 spiro atoms. The second kappa shape index (κ2) is 8.29. The van der Waals surface area contributed by atoms with Crippen LogP contribution in [0.3, 0.4) is 0 Å². The third-order valence-electron chi connectivity index (χ3n) is 6.68. The molecule has 7 heteroatoms. The third kappa shape index (κ3) is 3.77. The van der Waals surface area contributed by atoms with Gasteiger partial charge in [0.15, 0.2) is 6.61 Å². The summed E-state index contributed by atoms with van der Waals surface area (Å²) in [5.41, 5.74) is 0.935. The minimum absolute atomic E-state index is 0.0746. The minimum atomic E-state index is -1.02. The van der Waals surface area contributed by atoms with Crippen molar-refractivity contribution in [2.24, 2.45) is 29.6 Å². The highest BCUT2D eigenvalue weighted by Gasteiger charge is 2.61. The number of nitrogens with one attached hydrogen (secondary N) is 1. The van der Waals surface area contributed by atoms with Gasteiger partial charge in [-0.25, -0.2) is 4.79 Å². The van der Waals surface area contributed by atoms with Gasteiger partial charge in [-0.2, -0.15) is 0 Å². The predicted molar refractivity (Wildman–Crippen MR) is 112 cm³/mol. The second-order valence-corrected chi connectivity index (χ2v) is 9.04. The summed E-state index contributed by atoms with van der Waals surface area (Å²) in [5.74, 6) is -2.65. The molecule has 0 radical (unpaired) electrons. The number of esters is 1. The van der Waals surface area contributed by atoms with E-state index >= 15 is 0 Å². The molecule has 1 aromatic carbocycles. The lowest BCUT2D eigenvalue weighted by molar-refractivity contribution is -0.162. The number of nitrogens with zero attached hydrogens (tertiary/aromatic N) is 1. The first-order valence-corrected chi connectivity index (χ1v) is 10.9. The second-order valence-electron chi connectivity index (χ2n) is 9.04. The zero-order chi connectivity index (χ0) is 22.3. The van der Waals surface area contributed by atoms with Crippen molar-refractivity contribution in [1.82, 2.24) is 10.2 Å². The Morgan fingerprint density at radius 2 is 1.61 bits per heavy atom. The maximum Gasteiger partial charge on any atom is 0.330 e. The Bertz CT molecular complexity index is 895. The van der Waals surface area contributed by atoms with Crippen molar-refractivity contribution in [3.05, 3.63) is 48.0 Å². The lowest BCUT2D eigenvalue weighted by atomic mass is 9.85. The first-order chi connectivity index (χ1) is 14.8. The van der Waals surface area contributed by atoms with E-state index in [2.05, 4.69) is 5.32 Å². The highest BCUT2D eigenvalue weighted by molar-refractivity contribution is 6.09. The Balaban J connectivity index is 1.39. The average Bonchev–Trinajstić information content (AvgIpc) is 3.42. The van der Waals surface area contributed by atoms with Crippen LogP contribution < -0.4 is 5.32 Å². The summed E-state index contributed by atoms with van der Waals surface area (Å²) in [4.78, 5) is 52.4. The van der Waals surface area contributed by atoms with Crippen LogP contribution in [0.5, 0.6) is 0 Å². The molecule has 164 valence electrons. The molecule has 31 heavy (non-hydrogen) atoms. The van der Waals surface area contributed by atoms with Crippen LogP contribution >= 0.6 is 0 Å². The zero-order valence-corrected chi connectivity index (χ0v) is 18.0. The largest absolute Gasteiger partial charge is 0.454 e. The summed E-state index contributed by atoms with van der Waals surface area (Å²) in [6.45, 7) is 4.92. The number of carbonyl (C=O) groups is 4. The zero-order valence-electron chi connectivity index (χ0n) is 18.0.